The highest BCUT2D eigenvalue weighted by molar-refractivity contribution is 6.33. The fourth-order valence-corrected chi connectivity index (χ4v) is 2.07. The minimum absolute atomic E-state index is 0.0849. The minimum Gasteiger partial charge on any atom is -0.495 e. The van der Waals surface area contributed by atoms with Crippen LogP contribution in [-0.2, 0) is 0 Å². The van der Waals surface area contributed by atoms with Crippen molar-refractivity contribution >= 4 is 11.6 Å². The second kappa shape index (κ2) is 6.12. The summed E-state index contributed by atoms with van der Waals surface area (Å²) in [6.45, 7) is 4.23. The van der Waals surface area contributed by atoms with Crippen LogP contribution >= 0.6 is 11.6 Å². The Bertz CT molecular complexity index is 382. The maximum Gasteiger partial charge on any atom is 0.146 e. The molecule has 0 saturated carbocycles. The number of nitrogens with two attached hydrogens (primary N) is 1. The summed E-state index contributed by atoms with van der Waals surface area (Å²) in [6.07, 6.45) is 1.01. The number of hydrogen-bond acceptors (Lipinski definition) is 3. The first-order chi connectivity index (χ1) is 8.06. The smallest absolute Gasteiger partial charge is 0.146 e. The third-order valence-electron chi connectivity index (χ3n) is 3.13. The van der Waals surface area contributed by atoms with Gasteiger partial charge in [0.2, 0.25) is 0 Å². The molecular formula is C13H20ClNO2. The SMILES string of the molecule is CCC(C)C(N)c1ccc(OC)c(Cl)c1OC. The lowest BCUT2D eigenvalue weighted by Gasteiger charge is -2.22. The van der Waals surface area contributed by atoms with E-state index in [0.717, 1.165) is 12.0 Å². The summed E-state index contributed by atoms with van der Waals surface area (Å²) in [5.41, 5.74) is 7.13. The number of rotatable bonds is 5. The maximum absolute atomic E-state index is 6.21. The largest absolute Gasteiger partial charge is 0.495 e. The van der Waals surface area contributed by atoms with Gasteiger partial charge in [-0.15, -0.1) is 0 Å². The molecule has 1 aromatic rings. The lowest BCUT2D eigenvalue weighted by atomic mass is 9.92. The average Bonchev–Trinajstić information content (AvgIpc) is 2.36. The van der Waals surface area contributed by atoms with Crippen molar-refractivity contribution < 1.29 is 9.47 Å². The molecule has 0 aliphatic heterocycles. The second-order valence-corrected chi connectivity index (χ2v) is 4.49. The molecule has 1 aromatic carbocycles. The van der Waals surface area contributed by atoms with E-state index in [2.05, 4.69) is 13.8 Å². The summed E-state index contributed by atoms with van der Waals surface area (Å²) < 4.78 is 10.5. The molecule has 0 saturated heterocycles. The van der Waals surface area contributed by atoms with Crippen molar-refractivity contribution in [2.24, 2.45) is 11.7 Å². The highest BCUT2D eigenvalue weighted by Gasteiger charge is 2.21. The number of halogens is 1. The average molecular weight is 258 g/mol. The molecule has 0 aliphatic rings. The first kappa shape index (κ1) is 14.1. The van der Waals surface area contributed by atoms with Gasteiger partial charge in [0.15, 0.2) is 0 Å². The molecule has 0 amide bonds. The van der Waals surface area contributed by atoms with Gasteiger partial charge in [-0.1, -0.05) is 31.9 Å². The molecule has 0 spiro atoms. The molecule has 4 heteroatoms. The lowest BCUT2D eigenvalue weighted by Crippen LogP contribution is -2.19. The fraction of sp³-hybridized carbons (Fsp3) is 0.538. The molecule has 17 heavy (non-hydrogen) atoms. The highest BCUT2D eigenvalue weighted by atomic mass is 35.5. The molecule has 0 aliphatic carbocycles. The molecule has 0 bridgehead atoms. The molecule has 0 fully saturated rings. The first-order valence-corrected chi connectivity index (χ1v) is 6.10. The number of methoxy groups -OCH3 is 2. The van der Waals surface area contributed by atoms with E-state index in [4.69, 9.17) is 26.8 Å². The van der Waals surface area contributed by atoms with Gasteiger partial charge >= 0.3 is 0 Å². The number of ether oxygens (including phenoxy) is 2. The van der Waals surface area contributed by atoms with Crippen LogP contribution in [0.1, 0.15) is 31.9 Å². The van der Waals surface area contributed by atoms with Crippen LogP contribution < -0.4 is 15.2 Å². The van der Waals surface area contributed by atoms with Gasteiger partial charge in [0, 0.05) is 11.6 Å². The van der Waals surface area contributed by atoms with Crippen LogP contribution in [0, 0.1) is 5.92 Å². The Morgan fingerprint density at radius 1 is 1.29 bits per heavy atom. The van der Waals surface area contributed by atoms with Crippen molar-refractivity contribution in [2.75, 3.05) is 14.2 Å². The van der Waals surface area contributed by atoms with Crippen LogP contribution in [0.15, 0.2) is 12.1 Å². The molecule has 0 aromatic heterocycles. The number of benzene rings is 1. The molecule has 2 atom stereocenters. The Hall–Kier alpha value is -0.930. The summed E-state index contributed by atoms with van der Waals surface area (Å²) in [7, 11) is 3.17. The first-order valence-electron chi connectivity index (χ1n) is 5.72. The molecule has 3 nitrogen and oxygen atoms in total. The highest BCUT2D eigenvalue weighted by Crippen LogP contribution is 2.40. The van der Waals surface area contributed by atoms with E-state index in [-0.39, 0.29) is 6.04 Å². The summed E-state index contributed by atoms with van der Waals surface area (Å²) in [4.78, 5) is 0. The summed E-state index contributed by atoms with van der Waals surface area (Å²) in [5, 5.41) is 0.478. The minimum atomic E-state index is -0.0849. The molecule has 2 unspecified atom stereocenters. The predicted octanol–water partition coefficient (Wildman–Crippen LogP) is 3.40. The van der Waals surface area contributed by atoms with Crippen LogP contribution in [-0.4, -0.2) is 14.2 Å². The topological polar surface area (TPSA) is 44.5 Å². The van der Waals surface area contributed by atoms with E-state index in [0.29, 0.717) is 22.4 Å². The Labute approximate surface area is 108 Å². The van der Waals surface area contributed by atoms with E-state index in [1.807, 2.05) is 12.1 Å². The van der Waals surface area contributed by atoms with Gasteiger partial charge in [-0.3, -0.25) is 0 Å². The zero-order chi connectivity index (χ0) is 13.0. The van der Waals surface area contributed by atoms with Crippen LogP contribution in [0.2, 0.25) is 5.02 Å². The molecule has 2 N–H and O–H groups in total. The normalized spacial score (nSPS) is 14.2. The van der Waals surface area contributed by atoms with Gasteiger partial charge in [0.05, 0.1) is 14.2 Å². The van der Waals surface area contributed by atoms with Crippen molar-refractivity contribution in [2.45, 2.75) is 26.3 Å². The van der Waals surface area contributed by atoms with E-state index in [1.165, 1.54) is 0 Å². The Balaban J connectivity index is 3.20. The van der Waals surface area contributed by atoms with E-state index in [1.54, 1.807) is 14.2 Å². The van der Waals surface area contributed by atoms with E-state index >= 15 is 0 Å². The van der Waals surface area contributed by atoms with Gasteiger partial charge in [-0.2, -0.15) is 0 Å². The van der Waals surface area contributed by atoms with Crippen LogP contribution in [0.5, 0.6) is 11.5 Å². The lowest BCUT2D eigenvalue weighted by molar-refractivity contribution is 0.377. The third-order valence-corrected chi connectivity index (χ3v) is 3.49. The van der Waals surface area contributed by atoms with Gasteiger partial charge in [0.25, 0.3) is 0 Å². The zero-order valence-corrected chi connectivity index (χ0v) is 11.5. The maximum atomic E-state index is 6.21. The van der Waals surface area contributed by atoms with Crippen molar-refractivity contribution in [3.8, 4) is 11.5 Å². The summed E-state index contributed by atoms with van der Waals surface area (Å²) in [6, 6.07) is 3.65. The Kier molecular flexibility index (Phi) is 5.09. The van der Waals surface area contributed by atoms with Gasteiger partial charge in [-0.25, -0.2) is 0 Å². The molecular weight excluding hydrogens is 238 g/mol. The number of hydrogen-bond donors (Lipinski definition) is 1. The van der Waals surface area contributed by atoms with Crippen molar-refractivity contribution in [1.82, 2.24) is 0 Å². The zero-order valence-electron chi connectivity index (χ0n) is 10.8. The Morgan fingerprint density at radius 3 is 2.41 bits per heavy atom. The second-order valence-electron chi connectivity index (χ2n) is 4.12. The quantitative estimate of drug-likeness (QED) is 0.879. The molecule has 1 rings (SSSR count). The van der Waals surface area contributed by atoms with E-state index < -0.39 is 0 Å². The van der Waals surface area contributed by atoms with Gasteiger partial charge in [0.1, 0.15) is 16.5 Å². The standard InChI is InChI=1S/C13H20ClNO2/c1-5-8(2)12(15)9-6-7-10(16-3)11(14)13(9)17-4/h6-8,12H,5,15H2,1-4H3. The van der Waals surface area contributed by atoms with Crippen LogP contribution in [0.3, 0.4) is 0 Å². The predicted molar refractivity (Wildman–Crippen MR) is 70.9 cm³/mol. The third kappa shape index (κ3) is 2.85. The molecule has 0 radical (unpaired) electrons. The monoisotopic (exact) mass is 257 g/mol. The van der Waals surface area contributed by atoms with Crippen LogP contribution in [0.4, 0.5) is 0 Å². The van der Waals surface area contributed by atoms with Crippen molar-refractivity contribution in [3.05, 3.63) is 22.7 Å². The summed E-state index contributed by atoms with van der Waals surface area (Å²) >= 11 is 6.20. The molecule has 96 valence electrons. The summed E-state index contributed by atoms with van der Waals surface area (Å²) in [5.74, 6) is 1.58. The van der Waals surface area contributed by atoms with E-state index in [9.17, 15) is 0 Å². The van der Waals surface area contributed by atoms with Crippen molar-refractivity contribution in [1.29, 1.82) is 0 Å². The fourth-order valence-electron chi connectivity index (χ4n) is 1.74. The van der Waals surface area contributed by atoms with Crippen LogP contribution in [0.25, 0.3) is 0 Å². The molecule has 0 heterocycles. The van der Waals surface area contributed by atoms with Gasteiger partial charge < -0.3 is 15.2 Å². The van der Waals surface area contributed by atoms with Gasteiger partial charge in [-0.05, 0) is 18.1 Å². The Morgan fingerprint density at radius 2 is 1.94 bits per heavy atom. The van der Waals surface area contributed by atoms with Crippen molar-refractivity contribution in [3.63, 3.8) is 0 Å².